The Morgan fingerprint density at radius 1 is 0.804 bits per heavy atom. The summed E-state index contributed by atoms with van der Waals surface area (Å²) in [7, 11) is 2.16. The lowest BCUT2D eigenvalue weighted by molar-refractivity contribution is -0.118. The fourth-order valence-corrected chi connectivity index (χ4v) is 5.98. The summed E-state index contributed by atoms with van der Waals surface area (Å²) in [4.78, 5) is 25.7. The maximum Gasteiger partial charge on any atom is 0.227 e. The fraction of sp³-hybridized carbons (Fsp3) is 0.400. The zero-order valence-corrected chi connectivity index (χ0v) is 28.4. The molecule has 1 fully saturated rings. The van der Waals surface area contributed by atoms with E-state index in [9.17, 15) is 4.79 Å². The van der Waals surface area contributed by atoms with Crippen LogP contribution in [0.5, 0.6) is 0 Å². The number of halogens is 1. The SMILES string of the molecule is CC/C=C\C/C=C\C/C=C\C/C=C\C/C=C\C/C=C\CCC(=O)N1c2ccc(Cl)cc2N=C(N2CCN(C)CC2)C2C=CC=CC21. The van der Waals surface area contributed by atoms with E-state index in [4.69, 9.17) is 16.6 Å². The van der Waals surface area contributed by atoms with Gasteiger partial charge < -0.3 is 14.7 Å². The van der Waals surface area contributed by atoms with Crippen LogP contribution in [0.1, 0.15) is 58.3 Å². The summed E-state index contributed by atoms with van der Waals surface area (Å²) in [5, 5.41) is 0.626. The van der Waals surface area contributed by atoms with Crippen molar-refractivity contribution in [3.8, 4) is 0 Å². The molecule has 2 unspecified atom stereocenters. The first kappa shape index (κ1) is 35.2. The van der Waals surface area contributed by atoms with Crippen LogP contribution in [0.15, 0.2) is 120 Å². The third kappa shape index (κ3) is 11.0. The van der Waals surface area contributed by atoms with E-state index in [1.165, 1.54) is 0 Å². The number of rotatable bonds is 14. The highest BCUT2D eigenvalue weighted by Crippen LogP contribution is 2.40. The van der Waals surface area contributed by atoms with Gasteiger partial charge in [-0.15, -0.1) is 0 Å². The van der Waals surface area contributed by atoms with Crippen LogP contribution >= 0.6 is 11.6 Å². The molecular formula is C40H51ClN4O. The van der Waals surface area contributed by atoms with Crippen LogP contribution in [0.4, 0.5) is 11.4 Å². The van der Waals surface area contributed by atoms with Gasteiger partial charge >= 0.3 is 0 Å². The van der Waals surface area contributed by atoms with Crippen molar-refractivity contribution in [1.29, 1.82) is 0 Å². The predicted octanol–water partition coefficient (Wildman–Crippen LogP) is 9.55. The molecule has 1 amide bonds. The molecule has 6 heteroatoms. The van der Waals surface area contributed by atoms with Crippen LogP contribution in [0.3, 0.4) is 0 Å². The molecule has 0 spiro atoms. The highest BCUT2D eigenvalue weighted by Gasteiger charge is 2.38. The van der Waals surface area contributed by atoms with Gasteiger partial charge in [0.15, 0.2) is 0 Å². The third-order valence-electron chi connectivity index (χ3n) is 8.35. The number of piperazine rings is 1. The molecule has 2 atom stereocenters. The van der Waals surface area contributed by atoms with Crippen molar-refractivity contribution in [3.63, 3.8) is 0 Å². The molecule has 4 rings (SSSR count). The molecule has 5 nitrogen and oxygen atoms in total. The van der Waals surface area contributed by atoms with Crippen molar-refractivity contribution >= 4 is 34.7 Å². The molecule has 0 aromatic heterocycles. The Morgan fingerprint density at radius 2 is 1.37 bits per heavy atom. The van der Waals surface area contributed by atoms with Crippen molar-refractivity contribution in [2.45, 2.75) is 64.3 Å². The van der Waals surface area contributed by atoms with Gasteiger partial charge in [-0.2, -0.15) is 0 Å². The highest BCUT2D eigenvalue weighted by atomic mass is 35.5. The second-order valence-corrected chi connectivity index (χ2v) is 12.3. The summed E-state index contributed by atoms with van der Waals surface area (Å²) in [6, 6.07) is 5.58. The van der Waals surface area contributed by atoms with E-state index in [2.05, 4.69) is 121 Å². The number of carbonyl (C=O) groups excluding carboxylic acids is 1. The van der Waals surface area contributed by atoms with E-state index in [0.29, 0.717) is 17.9 Å². The molecular weight excluding hydrogens is 588 g/mol. The molecule has 0 bridgehead atoms. The Labute approximate surface area is 282 Å². The lowest BCUT2D eigenvalue weighted by atomic mass is 9.91. The Kier molecular flexibility index (Phi) is 15.1. The predicted molar refractivity (Wildman–Crippen MR) is 198 cm³/mol. The number of carbonyl (C=O) groups is 1. The molecule has 244 valence electrons. The largest absolute Gasteiger partial charge is 0.357 e. The summed E-state index contributed by atoms with van der Waals surface area (Å²) in [5.74, 6) is 1.12. The van der Waals surface area contributed by atoms with Gasteiger partial charge in [-0.3, -0.25) is 4.79 Å². The lowest BCUT2D eigenvalue weighted by Crippen LogP contribution is -2.53. The third-order valence-corrected chi connectivity index (χ3v) is 8.59. The molecule has 1 aliphatic carbocycles. The van der Waals surface area contributed by atoms with E-state index in [0.717, 1.165) is 81.9 Å². The zero-order chi connectivity index (χ0) is 32.4. The van der Waals surface area contributed by atoms with Crippen LogP contribution in [-0.2, 0) is 4.79 Å². The average molecular weight is 639 g/mol. The van der Waals surface area contributed by atoms with Crippen LogP contribution in [0.2, 0.25) is 5.02 Å². The summed E-state index contributed by atoms with van der Waals surface area (Å²) < 4.78 is 0. The Hall–Kier alpha value is -3.67. The number of allylic oxidation sites excluding steroid dienone is 14. The van der Waals surface area contributed by atoms with E-state index >= 15 is 0 Å². The number of amidine groups is 1. The van der Waals surface area contributed by atoms with E-state index in [1.807, 2.05) is 23.1 Å². The Morgan fingerprint density at radius 3 is 1.98 bits per heavy atom. The molecule has 0 saturated carbocycles. The maximum absolute atomic E-state index is 13.9. The van der Waals surface area contributed by atoms with Gasteiger partial charge in [0.25, 0.3) is 0 Å². The second-order valence-electron chi connectivity index (χ2n) is 11.9. The molecule has 0 radical (unpaired) electrons. The summed E-state index contributed by atoms with van der Waals surface area (Å²) >= 11 is 6.44. The monoisotopic (exact) mass is 638 g/mol. The molecule has 0 N–H and O–H groups in total. The van der Waals surface area contributed by atoms with Gasteiger partial charge in [-0.1, -0.05) is 116 Å². The Bertz CT molecular complexity index is 1390. The van der Waals surface area contributed by atoms with Gasteiger partial charge in [0.05, 0.1) is 23.3 Å². The van der Waals surface area contributed by atoms with E-state index in [-0.39, 0.29) is 17.9 Å². The first-order chi connectivity index (χ1) is 22.6. The topological polar surface area (TPSA) is 39.2 Å². The van der Waals surface area contributed by atoms with Crippen molar-refractivity contribution in [2.75, 3.05) is 38.1 Å². The smallest absolute Gasteiger partial charge is 0.227 e. The number of hydrogen-bond donors (Lipinski definition) is 0. The molecule has 1 saturated heterocycles. The number of nitrogens with zero attached hydrogens (tertiary/aromatic N) is 4. The van der Waals surface area contributed by atoms with Crippen molar-refractivity contribution in [3.05, 3.63) is 120 Å². The van der Waals surface area contributed by atoms with Crippen LogP contribution in [0, 0.1) is 5.92 Å². The maximum atomic E-state index is 13.9. The number of likely N-dealkylation sites (N-methyl/N-ethyl adjacent to an activating group) is 1. The minimum absolute atomic E-state index is 0.00518. The summed E-state index contributed by atoms with van der Waals surface area (Å²) in [5.41, 5.74) is 1.59. The first-order valence-electron chi connectivity index (χ1n) is 17.0. The van der Waals surface area contributed by atoms with E-state index in [1.54, 1.807) is 0 Å². The minimum atomic E-state index is -0.122. The number of aliphatic imine (C=N–C) groups is 1. The molecule has 3 aliphatic rings. The quantitative estimate of drug-likeness (QED) is 0.191. The lowest BCUT2D eigenvalue weighted by Gasteiger charge is -2.40. The normalized spacial score (nSPS) is 20.6. The van der Waals surface area contributed by atoms with Gasteiger partial charge in [0, 0.05) is 37.6 Å². The molecule has 2 heterocycles. The van der Waals surface area contributed by atoms with Crippen LogP contribution in [-0.4, -0.2) is 60.8 Å². The zero-order valence-electron chi connectivity index (χ0n) is 27.7. The van der Waals surface area contributed by atoms with Gasteiger partial charge in [0.2, 0.25) is 5.91 Å². The van der Waals surface area contributed by atoms with Crippen LogP contribution in [0.25, 0.3) is 0 Å². The molecule has 1 aromatic rings. The molecule has 46 heavy (non-hydrogen) atoms. The first-order valence-corrected chi connectivity index (χ1v) is 17.3. The highest BCUT2D eigenvalue weighted by molar-refractivity contribution is 6.31. The number of benzene rings is 1. The molecule has 2 aliphatic heterocycles. The van der Waals surface area contributed by atoms with Crippen molar-refractivity contribution < 1.29 is 4.79 Å². The number of anilines is 1. The number of fused-ring (bicyclic) bond motifs is 2. The van der Waals surface area contributed by atoms with Gasteiger partial charge in [-0.05, 0) is 70.2 Å². The van der Waals surface area contributed by atoms with Gasteiger partial charge in [0.1, 0.15) is 5.84 Å². The van der Waals surface area contributed by atoms with E-state index < -0.39 is 0 Å². The van der Waals surface area contributed by atoms with Gasteiger partial charge in [-0.25, -0.2) is 4.99 Å². The number of hydrogen-bond acceptors (Lipinski definition) is 4. The standard InChI is InChI=1S/C40H51ClN4O/c1-3-4-5-6-7-8-9-10-11-12-13-14-15-16-17-18-19-20-21-26-39(46)45-37-25-23-22-24-35(37)40(44-31-29-43(2)30-32-44)42-36-33-34(41)27-28-38(36)45/h4-5,7-8,10-11,13-14,16-17,19-20,22-25,27-28,33,35,37H,3,6,9,12,15,18,21,26,29-32H2,1-2H3/b5-4-,8-7-,11-10-,14-13-,17-16-,20-19-. The fourth-order valence-electron chi connectivity index (χ4n) is 5.81. The molecule has 1 aromatic carbocycles. The number of amides is 1. The van der Waals surface area contributed by atoms with Crippen LogP contribution < -0.4 is 4.90 Å². The minimum Gasteiger partial charge on any atom is -0.357 e. The summed E-state index contributed by atoms with van der Waals surface area (Å²) in [6.45, 7) is 5.98. The summed E-state index contributed by atoms with van der Waals surface area (Å²) in [6.07, 6.45) is 41.9. The second kappa shape index (κ2) is 19.8. The average Bonchev–Trinajstić information content (AvgIpc) is 3.20. The van der Waals surface area contributed by atoms with Crippen molar-refractivity contribution in [2.24, 2.45) is 10.9 Å². The van der Waals surface area contributed by atoms with Crippen molar-refractivity contribution in [1.82, 2.24) is 9.80 Å². The Balaban J connectivity index is 1.25.